The third kappa shape index (κ3) is 2.39. The molecule has 0 aliphatic rings. The number of nitrogens with zero attached hydrogens (tertiary/aromatic N) is 1. The van der Waals surface area contributed by atoms with Crippen molar-refractivity contribution in [2.24, 2.45) is 0 Å². The van der Waals surface area contributed by atoms with Gasteiger partial charge in [0.05, 0.1) is 12.8 Å². The summed E-state index contributed by atoms with van der Waals surface area (Å²) in [4.78, 5) is 11.3. The second-order valence-corrected chi connectivity index (χ2v) is 4.48. The fraction of sp³-hybridized carbons (Fsp3) is 0.167. The number of hydrogen-bond donors (Lipinski definition) is 1. The fourth-order valence-electron chi connectivity index (χ4n) is 1.44. The zero-order valence-electron chi connectivity index (χ0n) is 9.45. The fourth-order valence-corrected chi connectivity index (χ4v) is 1.82. The average Bonchev–Trinajstić information content (AvgIpc) is 2.81. The summed E-state index contributed by atoms with van der Waals surface area (Å²) in [7, 11) is 1.34. The van der Waals surface area contributed by atoms with E-state index in [0.717, 1.165) is 15.6 Å². The molecule has 0 aliphatic carbocycles. The van der Waals surface area contributed by atoms with Crippen LogP contribution in [0.1, 0.15) is 16.1 Å². The Morgan fingerprint density at radius 1 is 1.41 bits per heavy atom. The minimum Gasteiger partial charge on any atom is -0.464 e. The summed E-state index contributed by atoms with van der Waals surface area (Å²) in [5.41, 5.74) is 3.15. The molecule has 0 saturated carbocycles. The van der Waals surface area contributed by atoms with E-state index in [-0.39, 0.29) is 0 Å². The third-order valence-corrected chi connectivity index (χ3v) is 3.31. The van der Waals surface area contributed by atoms with Crippen molar-refractivity contribution in [2.75, 3.05) is 7.11 Å². The molecule has 0 fully saturated rings. The first kappa shape index (κ1) is 11.9. The largest absolute Gasteiger partial charge is 0.464 e. The van der Waals surface area contributed by atoms with E-state index < -0.39 is 5.97 Å². The SMILES string of the molecule is COC(=O)c1cc(-c2ccc(C)c(Br)c2)n[nH]1. The summed E-state index contributed by atoms with van der Waals surface area (Å²) in [6.07, 6.45) is 0. The molecular weight excluding hydrogens is 284 g/mol. The summed E-state index contributed by atoms with van der Waals surface area (Å²) in [6, 6.07) is 7.58. The van der Waals surface area contributed by atoms with Crippen LogP contribution in [0.25, 0.3) is 11.3 Å². The number of esters is 1. The van der Waals surface area contributed by atoms with Crippen molar-refractivity contribution in [1.29, 1.82) is 0 Å². The molecule has 4 nitrogen and oxygen atoms in total. The van der Waals surface area contributed by atoms with Gasteiger partial charge in [-0.1, -0.05) is 28.1 Å². The predicted molar refractivity (Wildman–Crippen MR) is 67.8 cm³/mol. The molecule has 1 aromatic carbocycles. The first-order valence-corrected chi connectivity index (χ1v) is 5.81. The molecule has 0 aliphatic heterocycles. The normalized spacial score (nSPS) is 10.3. The molecule has 2 aromatic rings. The average molecular weight is 295 g/mol. The van der Waals surface area contributed by atoms with Crippen molar-refractivity contribution < 1.29 is 9.53 Å². The molecule has 0 radical (unpaired) electrons. The summed E-state index contributed by atoms with van der Waals surface area (Å²) in [6.45, 7) is 2.01. The zero-order valence-corrected chi connectivity index (χ0v) is 11.0. The molecule has 1 heterocycles. The Bertz CT molecular complexity index is 563. The number of benzene rings is 1. The Morgan fingerprint density at radius 3 is 2.82 bits per heavy atom. The highest BCUT2D eigenvalue weighted by atomic mass is 79.9. The summed E-state index contributed by atoms with van der Waals surface area (Å²) >= 11 is 3.46. The number of aromatic amines is 1. The van der Waals surface area contributed by atoms with Crippen molar-refractivity contribution in [3.8, 4) is 11.3 Å². The number of carbonyl (C=O) groups is 1. The molecule has 1 aromatic heterocycles. The highest BCUT2D eigenvalue weighted by Crippen LogP contribution is 2.24. The lowest BCUT2D eigenvalue weighted by Gasteiger charge is -2.00. The topological polar surface area (TPSA) is 55.0 Å². The molecule has 88 valence electrons. The second kappa shape index (κ2) is 4.71. The highest BCUT2D eigenvalue weighted by molar-refractivity contribution is 9.10. The van der Waals surface area contributed by atoms with Gasteiger partial charge < -0.3 is 4.74 Å². The molecule has 0 saturated heterocycles. The van der Waals surface area contributed by atoms with Crippen molar-refractivity contribution in [1.82, 2.24) is 10.2 Å². The molecular formula is C12H11BrN2O2. The molecule has 17 heavy (non-hydrogen) atoms. The van der Waals surface area contributed by atoms with E-state index in [4.69, 9.17) is 0 Å². The standard InChI is InChI=1S/C12H11BrN2O2/c1-7-3-4-8(5-9(7)13)10-6-11(15-14-10)12(16)17-2/h3-6H,1-2H3,(H,14,15). The second-order valence-electron chi connectivity index (χ2n) is 3.62. The molecule has 1 N–H and O–H groups in total. The van der Waals surface area contributed by atoms with Crippen LogP contribution in [0.3, 0.4) is 0 Å². The minimum absolute atomic E-state index is 0.346. The Balaban J connectivity index is 2.37. The quantitative estimate of drug-likeness (QED) is 0.867. The van der Waals surface area contributed by atoms with Gasteiger partial charge in [0.1, 0.15) is 5.69 Å². The van der Waals surface area contributed by atoms with E-state index in [2.05, 4.69) is 30.9 Å². The smallest absolute Gasteiger partial charge is 0.356 e. The first-order valence-electron chi connectivity index (χ1n) is 5.02. The maximum atomic E-state index is 11.3. The van der Waals surface area contributed by atoms with Gasteiger partial charge in [-0.3, -0.25) is 5.10 Å². The van der Waals surface area contributed by atoms with Crippen LogP contribution < -0.4 is 0 Å². The Kier molecular flexibility index (Phi) is 3.28. The van der Waals surface area contributed by atoms with Crippen LogP contribution in [0.15, 0.2) is 28.7 Å². The maximum Gasteiger partial charge on any atom is 0.356 e. The summed E-state index contributed by atoms with van der Waals surface area (Å²) in [5.74, 6) is -0.421. The number of hydrogen-bond acceptors (Lipinski definition) is 3. The third-order valence-electron chi connectivity index (χ3n) is 2.45. The molecule has 0 bridgehead atoms. The van der Waals surface area contributed by atoms with Crippen LogP contribution >= 0.6 is 15.9 Å². The predicted octanol–water partition coefficient (Wildman–Crippen LogP) is 2.93. The lowest BCUT2D eigenvalue weighted by Crippen LogP contribution is -2.00. The van der Waals surface area contributed by atoms with E-state index in [1.807, 2.05) is 25.1 Å². The number of aryl methyl sites for hydroxylation is 1. The van der Waals surface area contributed by atoms with Crippen LogP contribution in [0.5, 0.6) is 0 Å². The number of aromatic nitrogens is 2. The van der Waals surface area contributed by atoms with Crippen molar-refractivity contribution in [3.63, 3.8) is 0 Å². The Labute approximate surface area is 107 Å². The minimum atomic E-state index is -0.421. The van der Waals surface area contributed by atoms with Crippen LogP contribution in [-0.4, -0.2) is 23.3 Å². The molecule has 0 amide bonds. The lowest BCUT2D eigenvalue weighted by molar-refractivity contribution is 0.0594. The Morgan fingerprint density at radius 2 is 2.18 bits per heavy atom. The van der Waals surface area contributed by atoms with Gasteiger partial charge >= 0.3 is 5.97 Å². The van der Waals surface area contributed by atoms with E-state index in [1.54, 1.807) is 6.07 Å². The van der Waals surface area contributed by atoms with Gasteiger partial charge in [0, 0.05) is 10.0 Å². The molecule has 2 rings (SSSR count). The van der Waals surface area contributed by atoms with Crippen molar-refractivity contribution in [2.45, 2.75) is 6.92 Å². The van der Waals surface area contributed by atoms with E-state index in [1.165, 1.54) is 7.11 Å². The number of H-pyrrole nitrogens is 1. The van der Waals surface area contributed by atoms with Crippen molar-refractivity contribution >= 4 is 21.9 Å². The number of methoxy groups -OCH3 is 1. The van der Waals surface area contributed by atoms with E-state index >= 15 is 0 Å². The number of carbonyl (C=O) groups excluding carboxylic acids is 1. The van der Waals surface area contributed by atoms with Gasteiger partial charge in [-0.25, -0.2) is 4.79 Å². The van der Waals surface area contributed by atoms with Crippen LogP contribution in [0, 0.1) is 6.92 Å². The number of rotatable bonds is 2. The summed E-state index contributed by atoms with van der Waals surface area (Å²) < 4.78 is 5.62. The lowest BCUT2D eigenvalue weighted by atomic mass is 10.1. The van der Waals surface area contributed by atoms with Gasteiger partial charge in [0.2, 0.25) is 0 Å². The van der Waals surface area contributed by atoms with E-state index in [9.17, 15) is 4.79 Å². The molecule has 0 spiro atoms. The first-order chi connectivity index (χ1) is 8.11. The molecule has 0 atom stereocenters. The van der Waals surface area contributed by atoms with E-state index in [0.29, 0.717) is 11.4 Å². The number of ether oxygens (including phenoxy) is 1. The molecule has 0 unspecified atom stereocenters. The number of halogens is 1. The van der Waals surface area contributed by atoms with Gasteiger partial charge in [-0.05, 0) is 24.6 Å². The van der Waals surface area contributed by atoms with Gasteiger partial charge in [0.25, 0.3) is 0 Å². The highest BCUT2D eigenvalue weighted by Gasteiger charge is 2.11. The zero-order chi connectivity index (χ0) is 12.4. The van der Waals surface area contributed by atoms with Crippen molar-refractivity contribution in [3.05, 3.63) is 40.0 Å². The van der Waals surface area contributed by atoms with Gasteiger partial charge in [-0.2, -0.15) is 5.10 Å². The number of nitrogens with one attached hydrogen (secondary N) is 1. The molecule has 5 heteroatoms. The van der Waals surface area contributed by atoms with Crippen LogP contribution in [0.2, 0.25) is 0 Å². The van der Waals surface area contributed by atoms with Crippen LogP contribution in [-0.2, 0) is 4.74 Å². The maximum absolute atomic E-state index is 11.3. The monoisotopic (exact) mass is 294 g/mol. The Hall–Kier alpha value is -1.62. The summed E-state index contributed by atoms with van der Waals surface area (Å²) in [5, 5.41) is 6.73. The van der Waals surface area contributed by atoms with Crippen LogP contribution in [0.4, 0.5) is 0 Å². The van der Waals surface area contributed by atoms with Gasteiger partial charge in [-0.15, -0.1) is 0 Å². The van der Waals surface area contributed by atoms with Gasteiger partial charge in [0.15, 0.2) is 0 Å².